The van der Waals surface area contributed by atoms with Crippen LogP contribution in [-0.2, 0) is 9.53 Å². The van der Waals surface area contributed by atoms with Gasteiger partial charge in [-0.1, -0.05) is 0 Å². The predicted octanol–water partition coefficient (Wildman–Crippen LogP) is 1.30. The van der Waals surface area contributed by atoms with Gasteiger partial charge in [0, 0.05) is 18.4 Å². The van der Waals surface area contributed by atoms with Crippen LogP contribution in [0.3, 0.4) is 0 Å². The van der Waals surface area contributed by atoms with E-state index in [4.69, 9.17) is 14.2 Å². The van der Waals surface area contributed by atoms with E-state index in [1.807, 2.05) is 0 Å². The maximum absolute atomic E-state index is 12.0. The minimum Gasteiger partial charge on any atom is -0.454 e. The maximum atomic E-state index is 12.0. The lowest BCUT2D eigenvalue weighted by Gasteiger charge is -2.08. The average Bonchev–Trinajstić information content (AvgIpc) is 2.95. The Labute approximate surface area is 97.3 Å². The summed E-state index contributed by atoms with van der Waals surface area (Å²) in [6.45, 7) is 0.172. The number of carbonyl (C=O) groups excluding carboxylic acids is 2. The number of fused-ring (bicyclic) bond motifs is 1. The third-order valence-electron chi connectivity index (χ3n) is 2.83. The van der Waals surface area contributed by atoms with Gasteiger partial charge in [-0.05, 0) is 18.2 Å². The van der Waals surface area contributed by atoms with Gasteiger partial charge < -0.3 is 14.2 Å². The number of benzene rings is 1. The highest BCUT2D eigenvalue weighted by Gasteiger charge is 2.31. The normalized spacial score (nSPS) is 21.4. The summed E-state index contributed by atoms with van der Waals surface area (Å²) in [5, 5.41) is 0. The van der Waals surface area contributed by atoms with E-state index in [0.29, 0.717) is 29.9 Å². The Morgan fingerprint density at radius 3 is 2.82 bits per heavy atom. The molecular weight excluding hydrogens is 224 g/mol. The Bertz CT molecular complexity index is 494. The fourth-order valence-electron chi connectivity index (χ4n) is 1.95. The molecule has 0 bridgehead atoms. The largest absolute Gasteiger partial charge is 0.454 e. The summed E-state index contributed by atoms with van der Waals surface area (Å²) in [5.41, 5.74) is 0.481. The molecule has 1 aromatic rings. The Kier molecular flexibility index (Phi) is 2.24. The smallest absolute Gasteiger partial charge is 0.306 e. The Morgan fingerprint density at radius 1 is 1.24 bits per heavy atom. The number of hydrogen-bond donors (Lipinski definition) is 0. The van der Waals surface area contributed by atoms with Crippen molar-refractivity contribution in [3.8, 4) is 11.5 Å². The Morgan fingerprint density at radius 2 is 2.06 bits per heavy atom. The second-order valence-electron chi connectivity index (χ2n) is 3.95. The molecule has 0 amide bonds. The molecule has 1 aromatic carbocycles. The molecule has 0 radical (unpaired) electrons. The average molecular weight is 234 g/mol. The van der Waals surface area contributed by atoms with Crippen molar-refractivity contribution in [1.29, 1.82) is 0 Å². The van der Waals surface area contributed by atoms with Crippen molar-refractivity contribution >= 4 is 11.8 Å². The van der Waals surface area contributed by atoms with Gasteiger partial charge in [-0.3, -0.25) is 9.59 Å². The number of cyclic esters (lactones) is 1. The summed E-state index contributed by atoms with van der Waals surface area (Å²) in [7, 11) is 0. The van der Waals surface area contributed by atoms with Gasteiger partial charge in [0.25, 0.3) is 0 Å². The van der Waals surface area contributed by atoms with E-state index in [9.17, 15) is 9.59 Å². The molecule has 0 spiro atoms. The molecule has 88 valence electrons. The highest BCUT2D eigenvalue weighted by atomic mass is 16.7. The molecule has 2 heterocycles. The molecule has 17 heavy (non-hydrogen) atoms. The molecule has 1 saturated heterocycles. The lowest BCUT2D eigenvalue weighted by Crippen LogP contribution is -2.20. The van der Waals surface area contributed by atoms with Gasteiger partial charge in [0.15, 0.2) is 17.6 Å². The Hall–Kier alpha value is -2.04. The molecule has 5 nitrogen and oxygen atoms in total. The molecule has 1 atom stereocenters. The number of ketones is 1. The molecule has 0 aromatic heterocycles. The number of esters is 1. The molecule has 2 aliphatic rings. The standard InChI is InChI=1S/C12H10O5/c13-11-4-3-9(17-11)12(14)7-1-2-8-10(5-7)16-6-15-8/h1-2,5,9H,3-4,6H2. The van der Waals surface area contributed by atoms with Crippen molar-refractivity contribution in [1.82, 2.24) is 0 Å². The van der Waals surface area contributed by atoms with E-state index in [2.05, 4.69) is 0 Å². The predicted molar refractivity (Wildman–Crippen MR) is 56.0 cm³/mol. The highest BCUT2D eigenvalue weighted by Crippen LogP contribution is 2.33. The SMILES string of the molecule is O=C1CCC(C(=O)c2ccc3c(c2)OCO3)O1. The molecule has 0 aliphatic carbocycles. The van der Waals surface area contributed by atoms with Crippen LogP contribution in [-0.4, -0.2) is 24.6 Å². The summed E-state index contributed by atoms with van der Waals surface area (Å²) in [6.07, 6.45) is 0.107. The second-order valence-corrected chi connectivity index (χ2v) is 3.95. The van der Waals surface area contributed by atoms with E-state index < -0.39 is 6.10 Å². The fraction of sp³-hybridized carbons (Fsp3) is 0.333. The van der Waals surface area contributed by atoms with Gasteiger partial charge in [-0.15, -0.1) is 0 Å². The van der Waals surface area contributed by atoms with Gasteiger partial charge in [-0.25, -0.2) is 0 Å². The minimum atomic E-state index is -0.650. The van der Waals surface area contributed by atoms with Crippen LogP contribution >= 0.6 is 0 Å². The van der Waals surface area contributed by atoms with Crippen LogP contribution in [0.4, 0.5) is 0 Å². The van der Waals surface area contributed by atoms with E-state index in [1.54, 1.807) is 18.2 Å². The van der Waals surface area contributed by atoms with Gasteiger partial charge in [-0.2, -0.15) is 0 Å². The van der Waals surface area contributed by atoms with Crippen LogP contribution < -0.4 is 9.47 Å². The van der Waals surface area contributed by atoms with Crippen molar-refractivity contribution in [2.24, 2.45) is 0 Å². The number of Topliss-reactive ketones (excluding diaryl/α,β-unsaturated/α-hetero) is 1. The van der Waals surface area contributed by atoms with Crippen molar-refractivity contribution in [2.45, 2.75) is 18.9 Å². The van der Waals surface area contributed by atoms with Crippen molar-refractivity contribution < 1.29 is 23.8 Å². The second kappa shape index (κ2) is 3.76. The number of hydrogen-bond acceptors (Lipinski definition) is 5. The van der Waals surface area contributed by atoms with Crippen LogP contribution in [0.5, 0.6) is 11.5 Å². The third kappa shape index (κ3) is 1.73. The first-order chi connectivity index (χ1) is 8.24. The minimum absolute atomic E-state index is 0.172. The van der Waals surface area contributed by atoms with Crippen LogP contribution in [0.2, 0.25) is 0 Å². The molecule has 5 heteroatoms. The maximum Gasteiger partial charge on any atom is 0.306 e. The summed E-state index contributed by atoms with van der Waals surface area (Å²) in [6, 6.07) is 4.96. The molecule has 3 rings (SSSR count). The lowest BCUT2D eigenvalue weighted by molar-refractivity contribution is -0.140. The van der Waals surface area contributed by atoms with Gasteiger partial charge >= 0.3 is 5.97 Å². The molecule has 2 aliphatic heterocycles. The number of rotatable bonds is 2. The van der Waals surface area contributed by atoms with Crippen LogP contribution in [0.25, 0.3) is 0 Å². The summed E-state index contributed by atoms with van der Waals surface area (Å²) in [4.78, 5) is 23.0. The molecule has 1 unspecified atom stereocenters. The van der Waals surface area contributed by atoms with Crippen molar-refractivity contribution in [2.75, 3.05) is 6.79 Å². The van der Waals surface area contributed by atoms with E-state index in [-0.39, 0.29) is 18.5 Å². The van der Waals surface area contributed by atoms with Crippen LogP contribution in [0.15, 0.2) is 18.2 Å². The fourth-order valence-corrected chi connectivity index (χ4v) is 1.95. The van der Waals surface area contributed by atoms with Gasteiger partial charge in [0.1, 0.15) is 0 Å². The Balaban J connectivity index is 1.84. The first-order valence-electron chi connectivity index (χ1n) is 5.37. The first kappa shape index (κ1) is 10.1. The zero-order valence-corrected chi connectivity index (χ0v) is 8.97. The summed E-state index contributed by atoms with van der Waals surface area (Å²) >= 11 is 0. The monoisotopic (exact) mass is 234 g/mol. The number of ether oxygens (including phenoxy) is 3. The topological polar surface area (TPSA) is 61.8 Å². The van der Waals surface area contributed by atoms with Gasteiger partial charge in [0.2, 0.25) is 12.6 Å². The van der Waals surface area contributed by atoms with E-state index in [1.165, 1.54) is 0 Å². The van der Waals surface area contributed by atoms with Crippen molar-refractivity contribution in [3.63, 3.8) is 0 Å². The summed E-state index contributed by atoms with van der Waals surface area (Å²) in [5.74, 6) is 0.684. The summed E-state index contributed by atoms with van der Waals surface area (Å²) < 4.78 is 15.3. The van der Waals surface area contributed by atoms with E-state index in [0.717, 1.165) is 0 Å². The van der Waals surface area contributed by atoms with Crippen LogP contribution in [0.1, 0.15) is 23.2 Å². The lowest BCUT2D eigenvalue weighted by atomic mass is 10.0. The molecule has 1 fully saturated rings. The van der Waals surface area contributed by atoms with E-state index >= 15 is 0 Å². The third-order valence-corrected chi connectivity index (χ3v) is 2.83. The quantitative estimate of drug-likeness (QED) is 0.570. The van der Waals surface area contributed by atoms with Crippen LogP contribution in [0, 0.1) is 0 Å². The zero-order chi connectivity index (χ0) is 11.8. The molecular formula is C12H10O5. The molecule has 0 saturated carbocycles. The first-order valence-corrected chi connectivity index (χ1v) is 5.37. The van der Waals surface area contributed by atoms with Gasteiger partial charge in [0.05, 0.1) is 0 Å². The highest BCUT2D eigenvalue weighted by molar-refractivity contribution is 6.01. The zero-order valence-electron chi connectivity index (χ0n) is 8.97. The molecule has 0 N–H and O–H groups in total. The van der Waals surface area contributed by atoms with Crippen molar-refractivity contribution in [3.05, 3.63) is 23.8 Å². The number of carbonyl (C=O) groups is 2.